The van der Waals surface area contributed by atoms with Crippen LogP contribution in [0, 0.1) is 0 Å². The molecule has 0 bridgehead atoms. The van der Waals surface area contributed by atoms with Gasteiger partial charge in [0.25, 0.3) is 5.91 Å². The summed E-state index contributed by atoms with van der Waals surface area (Å²) in [6.45, 7) is 4.09. The zero-order chi connectivity index (χ0) is 31.0. The number of ether oxygens (including phenoxy) is 1. The number of hydrogen-bond donors (Lipinski definition) is 3. The van der Waals surface area contributed by atoms with Crippen LogP contribution in [-0.2, 0) is 6.18 Å². The molecule has 3 aromatic rings. The Balaban J connectivity index is 1.48. The SMILES string of the molecule is COc1ccccc1N1CCN(c2ccc(NC(=O)Nc3ccc(C(F)(F)F)cc3)cc2C(=O)NCCCN(C)C)CC1. The van der Waals surface area contributed by atoms with Crippen molar-refractivity contribution in [2.45, 2.75) is 12.6 Å². The predicted molar refractivity (Wildman–Crippen MR) is 163 cm³/mol. The van der Waals surface area contributed by atoms with Crippen LogP contribution in [0.2, 0.25) is 0 Å². The number of carbonyl (C=O) groups excluding carboxylic acids is 2. The third-order valence-electron chi connectivity index (χ3n) is 7.08. The molecule has 0 saturated carbocycles. The first-order valence-electron chi connectivity index (χ1n) is 14.0. The Kier molecular flexibility index (Phi) is 10.4. The molecule has 1 aliphatic rings. The number of methoxy groups -OCH3 is 1. The average molecular weight is 599 g/mol. The topological polar surface area (TPSA) is 89.2 Å². The van der Waals surface area contributed by atoms with Crippen LogP contribution in [0.25, 0.3) is 0 Å². The molecule has 3 aromatic carbocycles. The van der Waals surface area contributed by atoms with E-state index in [0.717, 1.165) is 55.3 Å². The quantitative estimate of drug-likeness (QED) is 0.272. The molecule has 0 unspecified atom stereocenters. The molecule has 1 heterocycles. The number of nitrogens with zero attached hydrogens (tertiary/aromatic N) is 3. The zero-order valence-corrected chi connectivity index (χ0v) is 24.5. The Morgan fingerprint density at radius 1 is 0.860 bits per heavy atom. The van der Waals surface area contributed by atoms with Gasteiger partial charge in [0.2, 0.25) is 0 Å². The lowest BCUT2D eigenvalue weighted by molar-refractivity contribution is -0.137. The fraction of sp³-hybridized carbons (Fsp3) is 0.355. The minimum absolute atomic E-state index is 0.203. The Morgan fingerprint density at radius 3 is 2.09 bits per heavy atom. The van der Waals surface area contributed by atoms with Crippen LogP contribution in [0.5, 0.6) is 5.75 Å². The second-order valence-electron chi connectivity index (χ2n) is 10.4. The average Bonchev–Trinajstić information content (AvgIpc) is 2.99. The molecule has 3 amide bonds. The summed E-state index contributed by atoms with van der Waals surface area (Å²) in [7, 11) is 5.59. The summed E-state index contributed by atoms with van der Waals surface area (Å²) in [5.41, 5.74) is 1.95. The summed E-state index contributed by atoms with van der Waals surface area (Å²) in [6, 6.07) is 16.5. The lowest BCUT2D eigenvalue weighted by atomic mass is 10.1. The minimum Gasteiger partial charge on any atom is -0.495 e. The van der Waals surface area contributed by atoms with Gasteiger partial charge in [-0.3, -0.25) is 4.79 Å². The molecule has 3 N–H and O–H groups in total. The molecule has 1 fully saturated rings. The van der Waals surface area contributed by atoms with E-state index in [2.05, 4.69) is 25.8 Å². The Hall–Kier alpha value is -4.45. The molecule has 1 aliphatic heterocycles. The highest BCUT2D eigenvalue weighted by atomic mass is 19.4. The number of nitrogens with one attached hydrogen (secondary N) is 3. The van der Waals surface area contributed by atoms with Gasteiger partial charge in [-0.1, -0.05) is 12.1 Å². The first kappa shape index (κ1) is 31.5. The van der Waals surface area contributed by atoms with Crippen LogP contribution in [0.3, 0.4) is 0 Å². The van der Waals surface area contributed by atoms with Crippen LogP contribution >= 0.6 is 0 Å². The van der Waals surface area contributed by atoms with E-state index in [1.807, 2.05) is 43.3 Å². The Morgan fingerprint density at radius 2 is 1.47 bits per heavy atom. The van der Waals surface area contributed by atoms with Gasteiger partial charge in [0.15, 0.2) is 0 Å². The number of benzene rings is 3. The molecule has 0 aliphatic carbocycles. The van der Waals surface area contributed by atoms with E-state index in [9.17, 15) is 22.8 Å². The Labute approximate surface area is 249 Å². The van der Waals surface area contributed by atoms with E-state index in [-0.39, 0.29) is 11.6 Å². The van der Waals surface area contributed by atoms with Crippen molar-refractivity contribution in [1.82, 2.24) is 10.2 Å². The van der Waals surface area contributed by atoms with Gasteiger partial charge in [-0.2, -0.15) is 13.2 Å². The number of para-hydroxylation sites is 2. The van der Waals surface area contributed by atoms with E-state index in [1.54, 1.807) is 25.3 Å². The first-order valence-corrected chi connectivity index (χ1v) is 14.0. The van der Waals surface area contributed by atoms with Gasteiger partial charge < -0.3 is 35.4 Å². The van der Waals surface area contributed by atoms with Crippen molar-refractivity contribution in [3.8, 4) is 5.75 Å². The van der Waals surface area contributed by atoms with Gasteiger partial charge in [0, 0.05) is 49.8 Å². The van der Waals surface area contributed by atoms with Crippen molar-refractivity contribution in [1.29, 1.82) is 0 Å². The van der Waals surface area contributed by atoms with Crippen LogP contribution in [0.1, 0.15) is 22.3 Å². The first-order chi connectivity index (χ1) is 20.5. The second kappa shape index (κ2) is 14.1. The number of hydrogen-bond acceptors (Lipinski definition) is 6. The maximum absolute atomic E-state index is 13.4. The zero-order valence-electron chi connectivity index (χ0n) is 24.5. The van der Waals surface area contributed by atoms with E-state index >= 15 is 0 Å². The third kappa shape index (κ3) is 8.54. The summed E-state index contributed by atoms with van der Waals surface area (Å²) in [5, 5.41) is 8.20. The van der Waals surface area contributed by atoms with Crippen LogP contribution in [-0.4, -0.2) is 77.3 Å². The third-order valence-corrected chi connectivity index (χ3v) is 7.08. The molecule has 0 aromatic heterocycles. The number of urea groups is 1. The maximum Gasteiger partial charge on any atom is 0.416 e. The van der Waals surface area contributed by atoms with Crippen LogP contribution in [0.4, 0.5) is 40.7 Å². The van der Waals surface area contributed by atoms with Gasteiger partial charge in [-0.05, 0) is 81.7 Å². The number of carbonyl (C=O) groups is 2. The fourth-order valence-corrected chi connectivity index (χ4v) is 4.88. The van der Waals surface area contributed by atoms with E-state index in [0.29, 0.717) is 30.9 Å². The molecular weight excluding hydrogens is 561 g/mol. The van der Waals surface area contributed by atoms with Crippen molar-refractivity contribution < 1.29 is 27.5 Å². The number of alkyl halides is 3. The fourth-order valence-electron chi connectivity index (χ4n) is 4.88. The predicted octanol–water partition coefficient (Wildman–Crippen LogP) is 5.37. The van der Waals surface area contributed by atoms with Gasteiger partial charge in [-0.25, -0.2) is 4.79 Å². The molecule has 0 atom stereocenters. The second-order valence-corrected chi connectivity index (χ2v) is 10.4. The van der Waals surface area contributed by atoms with Gasteiger partial charge in [0.05, 0.1) is 23.9 Å². The van der Waals surface area contributed by atoms with Gasteiger partial charge >= 0.3 is 12.2 Å². The molecule has 0 spiro atoms. The lowest BCUT2D eigenvalue weighted by Crippen LogP contribution is -2.47. The van der Waals surface area contributed by atoms with Gasteiger partial charge in [0.1, 0.15) is 5.75 Å². The van der Waals surface area contributed by atoms with Gasteiger partial charge in [-0.15, -0.1) is 0 Å². The van der Waals surface area contributed by atoms with Crippen molar-refractivity contribution >= 4 is 34.7 Å². The van der Waals surface area contributed by atoms with Crippen molar-refractivity contribution in [2.24, 2.45) is 0 Å². The number of rotatable bonds is 10. The smallest absolute Gasteiger partial charge is 0.416 e. The van der Waals surface area contributed by atoms with Crippen molar-refractivity contribution in [3.63, 3.8) is 0 Å². The molecule has 4 rings (SSSR count). The highest BCUT2D eigenvalue weighted by molar-refractivity contribution is 6.04. The van der Waals surface area contributed by atoms with Crippen LogP contribution < -0.4 is 30.5 Å². The summed E-state index contributed by atoms with van der Waals surface area (Å²) >= 11 is 0. The molecule has 43 heavy (non-hydrogen) atoms. The normalized spacial score (nSPS) is 13.6. The maximum atomic E-state index is 13.4. The Bertz CT molecular complexity index is 1390. The molecule has 1 saturated heterocycles. The van der Waals surface area contributed by atoms with E-state index in [4.69, 9.17) is 4.74 Å². The number of halogens is 3. The van der Waals surface area contributed by atoms with E-state index in [1.165, 1.54) is 12.1 Å². The summed E-state index contributed by atoms with van der Waals surface area (Å²) < 4.78 is 44.1. The minimum atomic E-state index is -4.47. The molecule has 0 radical (unpaired) electrons. The number of anilines is 4. The molecule has 230 valence electrons. The van der Waals surface area contributed by atoms with Crippen molar-refractivity contribution in [3.05, 3.63) is 77.9 Å². The standard InChI is InChI=1S/C31H37F3N6O3/c1-38(2)16-6-15-35-29(41)25-21-24(37-30(42)36-23-11-9-22(10-12-23)31(32,33)34)13-14-26(25)39-17-19-40(20-18-39)27-7-4-5-8-28(27)43-3/h4-5,7-14,21H,6,15-20H2,1-3H3,(H,35,41)(H2,36,37,42). The largest absolute Gasteiger partial charge is 0.495 e. The summed E-state index contributed by atoms with van der Waals surface area (Å²) in [5.74, 6) is 0.548. The summed E-state index contributed by atoms with van der Waals surface area (Å²) in [6.07, 6.45) is -3.69. The highest BCUT2D eigenvalue weighted by Crippen LogP contribution is 2.32. The number of amides is 3. The summed E-state index contributed by atoms with van der Waals surface area (Å²) in [4.78, 5) is 32.5. The van der Waals surface area contributed by atoms with Crippen molar-refractivity contribution in [2.75, 3.05) is 80.9 Å². The molecule has 12 heteroatoms. The lowest BCUT2D eigenvalue weighted by Gasteiger charge is -2.38. The monoisotopic (exact) mass is 598 g/mol. The molecule has 9 nitrogen and oxygen atoms in total. The van der Waals surface area contributed by atoms with Crippen LogP contribution in [0.15, 0.2) is 66.7 Å². The number of piperazine rings is 1. The highest BCUT2D eigenvalue weighted by Gasteiger charge is 2.30. The molecular formula is C31H37F3N6O3. The van der Waals surface area contributed by atoms with E-state index < -0.39 is 17.8 Å².